The Morgan fingerprint density at radius 2 is 2.00 bits per heavy atom. The Kier molecular flexibility index (Phi) is 4.72. The molecule has 0 unspecified atom stereocenters. The number of aromatic nitrogens is 2. The van der Waals surface area contributed by atoms with Crippen molar-refractivity contribution in [3.05, 3.63) is 53.9 Å². The Labute approximate surface area is 177 Å². The van der Waals surface area contributed by atoms with Crippen LogP contribution in [0.2, 0.25) is 0 Å². The van der Waals surface area contributed by atoms with Gasteiger partial charge in [-0.25, -0.2) is 4.39 Å². The number of halogens is 1. The van der Waals surface area contributed by atoms with E-state index < -0.39 is 5.82 Å². The molecule has 0 atom stereocenters. The summed E-state index contributed by atoms with van der Waals surface area (Å²) in [5.41, 5.74) is 2.47. The first-order chi connectivity index (χ1) is 15.0. The van der Waals surface area contributed by atoms with Gasteiger partial charge in [0.1, 0.15) is 11.5 Å². The SMILES string of the molecule is O=C(CN1CCCC2=C1C(=O)N(C1CC1)C2=O)Nc1ccc(-c2cncc(F)c2)nc1. The molecule has 31 heavy (non-hydrogen) atoms. The van der Waals surface area contributed by atoms with Crippen molar-refractivity contribution in [2.75, 3.05) is 18.4 Å². The predicted molar refractivity (Wildman–Crippen MR) is 109 cm³/mol. The van der Waals surface area contributed by atoms with Crippen LogP contribution < -0.4 is 5.32 Å². The summed E-state index contributed by atoms with van der Waals surface area (Å²) < 4.78 is 13.3. The highest BCUT2D eigenvalue weighted by molar-refractivity contribution is 6.19. The molecule has 3 aliphatic rings. The standard InChI is InChI=1S/C22H20FN5O3/c23-14-8-13(9-24-10-14)18-6-3-15(11-25-18)26-19(29)12-27-7-1-2-17-20(27)22(31)28(21(17)30)16-4-5-16/h3,6,8-11,16H,1-2,4-5,7,12H2,(H,26,29). The van der Waals surface area contributed by atoms with Gasteiger partial charge >= 0.3 is 0 Å². The summed E-state index contributed by atoms with van der Waals surface area (Å²) in [5, 5.41) is 2.77. The third-order valence-corrected chi connectivity index (χ3v) is 5.65. The van der Waals surface area contributed by atoms with Crippen molar-refractivity contribution in [2.24, 2.45) is 0 Å². The highest BCUT2D eigenvalue weighted by Gasteiger charge is 2.48. The lowest BCUT2D eigenvalue weighted by Crippen LogP contribution is -2.40. The lowest BCUT2D eigenvalue weighted by atomic mass is 10.0. The largest absolute Gasteiger partial charge is 0.357 e. The first-order valence-electron chi connectivity index (χ1n) is 10.2. The van der Waals surface area contributed by atoms with Gasteiger partial charge in [-0.2, -0.15) is 0 Å². The van der Waals surface area contributed by atoms with E-state index in [1.54, 1.807) is 17.0 Å². The molecule has 1 fully saturated rings. The molecule has 158 valence electrons. The number of imide groups is 1. The van der Waals surface area contributed by atoms with Crippen LogP contribution in [0.5, 0.6) is 0 Å². The molecule has 1 N–H and O–H groups in total. The van der Waals surface area contributed by atoms with Crippen LogP contribution in [0.4, 0.5) is 10.1 Å². The summed E-state index contributed by atoms with van der Waals surface area (Å²) in [6, 6.07) is 4.69. The van der Waals surface area contributed by atoms with Gasteiger partial charge in [0.25, 0.3) is 11.8 Å². The summed E-state index contributed by atoms with van der Waals surface area (Å²) in [6.45, 7) is 0.527. The van der Waals surface area contributed by atoms with E-state index in [0.717, 1.165) is 25.5 Å². The van der Waals surface area contributed by atoms with Crippen LogP contribution in [0.1, 0.15) is 25.7 Å². The number of hydrogen-bond acceptors (Lipinski definition) is 6. The Balaban J connectivity index is 1.26. The normalized spacial score (nSPS) is 18.5. The first kappa shape index (κ1) is 19.3. The number of nitrogens with one attached hydrogen (secondary N) is 1. The van der Waals surface area contributed by atoms with Crippen molar-refractivity contribution in [1.82, 2.24) is 19.8 Å². The molecule has 0 saturated heterocycles. The maximum absolute atomic E-state index is 13.3. The monoisotopic (exact) mass is 421 g/mol. The van der Waals surface area contributed by atoms with E-state index in [-0.39, 0.29) is 30.3 Å². The number of rotatable bonds is 5. The maximum Gasteiger partial charge on any atom is 0.277 e. The van der Waals surface area contributed by atoms with Crippen LogP contribution in [0, 0.1) is 5.82 Å². The van der Waals surface area contributed by atoms with E-state index in [1.807, 2.05) is 0 Å². The van der Waals surface area contributed by atoms with Gasteiger partial charge in [0.2, 0.25) is 5.91 Å². The molecule has 1 saturated carbocycles. The molecule has 3 amide bonds. The minimum atomic E-state index is -0.452. The van der Waals surface area contributed by atoms with Gasteiger partial charge in [0.15, 0.2) is 0 Å². The van der Waals surface area contributed by atoms with Gasteiger partial charge in [0.05, 0.1) is 30.3 Å². The molecule has 2 aromatic rings. The molecule has 0 spiro atoms. The fourth-order valence-electron chi connectivity index (χ4n) is 4.08. The minimum Gasteiger partial charge on any atom is -0.357 e. The maximum atomic E-state index is 13.3. The van der Waals surface area contributed by atoms with E-state index in [2.05, 4.69) is 15.3 Å². The van der Waals surface area contributed by atoms with Gasteiger partial charge in [-0.15, -0.1) is 0 Å². The number of amides is 3. The zero-order valence-corrected chi connectivity index (χ0v) is 16.7. The van der Waals surface area contributed by atoms with Gasteiger partial charge in [-0.1, -0.05) is 0 Å². The van der Waals surface area contributed by atoms with Crippen molar-refractivity contribution in [1.29, 1.82) is 0 Å². The fraction of sp³-hybridized carbons (Fsp3) is 0.318. The van der Waals surface area contributed by atoms with E-state index in [9.17, 15) is 18.8 Å². The average Bonchev–Trinajstić information content (AvgIpc) is 3.55. The molecule has 2 aliphatic heterocycles. The van der Waals surface area contributed by atoms with Crippen LogP contribution in [-0.2, 0) is 14.4 Å². The molecule has 0 bridgehead atoms. The Morgan fingerprint density at radius 1 is 1.16 bits per heavy atom. The summed E-state index contributed by atoms with van der Waals surface area (Å²) in [6.07, 6.45) is 7.11. The lowest BCUT2D eigenvalue weighted by molar-refractivity contribution is -0.138. The predicted octanol–water partition coefficient (Wildman–Crippen LogP) is 2.10. The number of nitrogens with zero attached hydrogens (tertiary/aromatic N) is 4. The Bertz CT molecular complexity index is 1110. The van der Waals surface area contributed by atoms with Crippen LogP contribution in [-0.4, -0.2) is 56.6 Å². The number of pyridine rings is 2. The molecule has 9 heteroatoms. The third-order valence-electron chi connectivity index (χ3n) is 5.65. The van der Waals surface area contributed by atoms with E-state index >= 15 is 0 Å². The number of hydrogen-bond donors (Lipinski definition) is 1. The molecular weight excluding hydrogens is 401 g/mol. The minimum absolute atomic E-state index is 0.0131. The Hall–Kier alpha value is -3.62. The van der Waals surface area contributed by atoms with Crippen molar-refractivity contribution < 1.29 is 18.8 Å². The molecule has 4 heterocycles. The van der Waals surface area contributed by atoms with Crippen LogP contribution in [0.25, 0.3) is 11.3 Å². The van der Waals surface area contributed by atoms with E-state index in [4.69, 9.17) is 0 Å². The molecule has 0 radical (unpaired) electrons. The van der Waals surface area contributed by atoms with Crippen molar-refractivity contribution in [2.45, 2.75) is 31.7 Å². The third kappa shape index (κ3) is 3.67. The molecule has 0 aromatic carbocycles. The summed E-state index contributed by atoms with van der Waals surface area (Å²) >= 11 is 0. The van der Waals surface area contributed by atoms with Gasteiger partial charge in [0, 0.05) is 29.9 Å². The average molecular weight is 421 g/mol. The molecular formula is C22H20FN5O3. The molecule has 5 rings (SSSR count). The van der Waals surface area contributed by atoms with Crippen LogP contribution in [0.15, 0.2) is 48.1 Å². The topological polar surface area (TPSA) is 95.5 Å². The highest BCUT2D eigenvalue weighted by atomic mass is 19.1. The second kappa shape index (κ2) is 7.57. The molecule has 1 aliphatic carbocycles. The first-order valence-corrected chi connectivity index (χ1v) is 10.2. The van der Waals surface area contributed by atoms with Gasteiger partial charge < -0.3 is 10.2 Å². The summed E-state index contributed by atoms with van der Waals surface area (Å²) in [5.74, 6) is -1.23. The quantitative estimate of drug-likeness (QED) is 0.743. The zero-order valence-electron chi connectivity index (χ0n) is 16.7. The zero-order chi connectivity index (χ0) is 21.5. The second-order valence-electron chi connectivity index (χ2n) is 7.94. The number of carbonyl (C=O) groups excluding carboxylic acids is 3. The second-order valence-corrected chi connectivity index (χ2v) is 7.94. The number of anilines is 1. The van der Waals surface area contributed by atoms with Crippen molar-refractivity contribution >= 4 is 23.4 Å². The highest BCUT2D eigenvalue weighted by Crippen LogP contribution is 2.38. The van der Waals surface area contributed by atoms with E-state index in [0.29, 0.717) is 41.2 Å². The summed E-state index contributed by atoms with van der Waals surface area (Å²) in [4.78, 5) is 49.2. The summed E-state index contributed by atoms with van der Waals surface area (Å²) in [7, 11) is 0. The van der Waals surface area contributed by atoms with Crippen molar-refractivity contribution in [3.63, 3.8) is 0 Å². The molecule has 2 aromatic heterocycles. The van der Waals surface area contributed by atoms with Gasteiger partial charge in [-0.05, 0) is 43.9 Å². The van der Waals surface area contributed by atoms with Crippen LogP contribution >= 0.6 is 0 Å². The lowest BCUT2D eigenvalue weighted by Gasteiger charge is -2.28. The smallest absolute Gasteiger partial charge is 0.277 e. The van der Waals surface area contributed by atoms with Crippen molar-refractivity contribution in [3.8, 4) is 11.3 Å². The van der Waals surface area contributed by atoms with Crippen LogP contribution in [0.3, 0.4) is 0 Å². The molecule has 8 nitrogen and oxygen atoms in total. The van der Waals surface area contributed by atoms with E-state index in [1.165, 1.54) is 23.4 Å². The number of carbonyl (C=O) groups is 3. The van der Waals surface area contributed by atoms with Gasteiger partial charge in [-0.3, -0.25) is 29.3 Å². The Morgan fingerprint density at radius 3 is 2.71 bits per heavy atom. The fourth-order valence-corrected chi connectivity index (χ4v) is 4.08.